The van der Waals surface area contributed by atoms with Crippen molar-refractivity contribution < 1.29 is 49.3 Å². The molecule has 1 fully saturated rings. The molecule has 0 aromatic rings. The highest BCUT2D eigenvalue weighted by Crippen LogP contribution is 2.26. The third-order valence-electron chi connectivity index (χ3n) is 15.0. The number of aliphatic hydroxyl groups excluding tert-OH is 5. The zero-order valence-electron chi connectivity index (χ0n) is 51.6. The van der Waals surface area contributed by atoms with Gasteiger partial charge in [0.2, 0.25) is 5.91 Å². The summed E-state index contributed by atoms with van der Waals surface area (Å²) in [7, 11) is 0. The van der Waals surface area contributed by atoms with Crippen LogP contribution in [0.2, 0.25) is 0 Å². The van der Waals surface area contributed by atoms with Crippen molar-refractivity contribution in [3.05, 3.63) is 97.2 Å². The first kappa shape index (κ1) is 75.6. The summed E-state index contributed by atoms with van der Waals surface area (Å²) in [5, 5.41) is 57.0. The number of nitrogens with one attached hydrogen (secondary N) is 1. The number of unbranched alkanes of at least 4 members (excludes halogenated alkanes) is 27. The highest BCUT2D eigenvalue weighted by molar-refractivity contribution is 5.80. The monoisotopic (exact) mass is 1140 g/mol. The molecule has 0 spiro atoms. The minimum absolute atomic E-state index is 0.105. The third-order valence-corrected chi connectivity index (χ3v) is 15.0. The molecular formula is C70H121NO10. The second kappa shape index (κ2) is 57.0. The lowest BCUT2D eigenvalue weighted by atomic mass is 9.99. The highest BCUT2D eigenvalue weighted by atomic mass is 16.7. The molecule has 466 valence electrons. The van der Waals surface area contributed by atoms with E-state index in [1.807, 2.05) is 6.08 Å². The third kappa shape index (κ3) is 44.7. The van der Waals surface area contributed by atoms with E-state index in [0.717, 1.165) is 135 Å². The van der Waals surface area contributed by atoms with Crippen molar-refractivity contribution in [2.24, 2.45) is 0 Å². The lowest BCUT2D eigenvalue weighted by Gasteiger charge is -2.41. The summed E-state index contributed by atoms with van der Waals surface area (Å²) in [5.74, 6) is -1.22. The van der Waals surface area contributed by atoms with Crippen molar-refractivity contribution in [2.75, 3.05) is 13.2 Å². The summed E-state index contributed by atoms with van der Waals surface area (Å²) in [6, 6.07) is -1.04. The van der Waals surface area contributed by atoms with Crippen LogP contribution in [0, 0.1) is 0 Å². The number of hydrogen-bond donors (Lipinski definition) is 6. The molecule has 1 rings (SSSR count). The van der Waals surface area contributed by atoms with Gasteiger partial charge in [-0.15, -0.1) is 0 Å². The van der Waals surface area contributed by atoms with Gasteiger partial charge in [-0.1, -0.05) is 253 Å². The fourth-order valence-corrected chi connectivity index (χ4v) is 9.70. The lowest BCUT2D eigenvalue weighted by Crippen LogP contribution is -2.61. The summed E-state index contributed by atoms with van der Waals surface area (Å²) in [4.78, 5) is 26.6. The Bertz CT molecular complexity index is 1690. The number of allylic oxidation sites excluding steroid dienone is 15. The van der Waals surface area contributed by atoms with Crippen molar-refractivity contribution in [3.63, 3.8) is 0 Å². The molecule has 0 aromatic heterocycles. The molecule has 1 aliphatic rings. The van der Waals surface area contributed by atoms with Crippen LogP contribution < -0.4 is 5.32 Å². The Kier molecular flexibility index (Phi) is 53.2. The average molecular weight is 1140 g/mol. The first-order valence-electron chi connectivity index (χ1n) is 33.0. The maximum absolute atomic E-state index is 13.4. The van der Waals surface area contributed by atoms with Gasteiger partial charge in [0.05, 0.1) is 25.4 Å². The number of carbonyl (C=O) groups excluding carboxylic acids is 2. The van der Waals surface area contributed by atoms with Crippen molar-refractivity contribution in [2.45, 2.75) is 320 Å². The van der Waals surface area contributed by atoms with Crippen LogP contribution in [-0.4, -0.2) is 99.6 Å². The molecule has 11 heteroatoms. The molecule has 11 nitrogen and oxygen atoms in total. The van der Waals surface area contributed by atoms with E-state index in [4.69, 9.17) is 14.2 Å². The largest absolute Gasteiger partial charge is 0.454 e. The maximum Gasteiger partial charge on any atom is 0.306 e. The zero-order chi connectivity index (χ0) is 58.9. The number of esters is 1. The van der Waals surface area contributed by atoms with Gasteiger partial charge in [0, 0.05) is 6.42 Å². The maximum atomic E-state index is 13.4. The van der Waals surface area contributed by atoms with E-state index in [1.54, 1.807) is 6.08 Å². The van der Waals surface area contributed by atoms with Crippen molar-refractivity contribution in [1.82, 2.24) is 5.32 Å². The van der Waals surface area contributed by atoms with Crippen molar-refractivity contribution >= 4 is 11.9 Å². The summed E-state index contributed by atoms with van der Waals surface area (Å²) < 4.78 is 17.6. The lowest BCUT2D eigenvalue weighted by molar-refractivity contribution is -0.305. The van der Waals surface area contributed by atoms with E-state index in [2.05, 4.69) is 111 Å². The van der Waals surface area contributed by atoms with Crippen LogP contribution in [0.1, 0.15) is 271 Å². The molecule has 0 aromatic carbocycles. The Morgan fingerprint density at radius 1 is 0.481 bits per heavy atom. The van der Waals surface area contributed by atoms with E-state index < -0.39 is 67.4 Å². The molecule has 8 atom stereocenters. The predicted octanol–water partition coefficient (Wildman–Crippen LogP) is 16.3. The predicted molar refractivity (Wildman–Crippen MR) is 338 cm³/mol. The summed E-state index contributed by atoms with van der Waals surface area (Å²) in [6.45, 7) is 5.72. The van der Waals surface area contributed by atoms with Gasteiger partial charge in [-0.05, 0) is 109 Å². The number of amides is 1. The van der Waals surface area contributed by atoms with Crippen LogP contribution >= 0.6 is 0 Å². The first-order valence-corrected chi connectivity index (χ1v) is 33.0. The normalized spacial score (nSPS) is 19.3. The topological polar surface area (TPSA) is 175 Å². The molecule has 1 aliphatic heterocycles. The van der Waals surface area contributed by atoms with Gasteiger partial charge in [0.25, 0.3) is 0 Å². The van der Waals surface area contributed by atoms with Gasteiger partial charge in [-0.3, -0.25) is 9.59 Å². The van der Waals surface area contributed by atoms with Gasteiger partial charge in [0.1, 0.15) is 24.4 Å². The van der Waals surface area contributed by atoms with Crippen LogP contribution in [0.3, 0.4) is 0 Å². The van der Waals surface area contributed by atoms with E-state index in [-0.39, 0.29) is 19.4 Å². The Labute approximate surface area is 495 Å². The summed E-state index contributed by atoms with van der Waals surface area (Å²) >= 11 is 0. The fraction of sp³-hybridized carbons (Fsp3) is 0.743. The van der Waals surface area contributed by atoms with E-state index >= 15 is 0 Å². The average Bonchev–Trinajstić information content (AvgIpc) is 3.50. The van der Waals surface area contributed by atoms with Crippen LogP contribution in [0.5, 0.6) is 0 Å². The van der Waals surface area contributed by atoms with E-state index in [9.17, 15) is 35.1 Å². The number of carbonyl (C=O) groups is 2. The van der Waals surface area contributed by atoms with Crippen LogP contribution in [0.25, 0.3) is 0 Å². The molecule has 0 saturated carbocycles. The molecule has 6 N–H and O–H groups in total. The Morgan fingerprint density at radius 2 is 0.852 bits per heavy atom. The standard InChI is InChI=1S/C70H121NO10/c1-4-7-10-13-16-19-22-24-26-28-30-31-32-33-34-36-38-40-43-46-49-52-55-58-65(75)81-68-67(77)66(76)64(59-72)80-70(68)79-60-61(62(73)56-53-50-47-44-41-21-18-15-12-9-6-3)71-69(78)63(74)57-54-51-48-45-42-39-37-35-29-27-25-23-20-17-14-11-8-5-2/h16-17,19-20,24-27,30-31,33-35,37,53,56,61-64,66-68,70,72-74,76-77H,4-15,18,21-23,28-29,32,36,38-52,54-55,57-60H2,1-3H3,(H,71,78)/b19-16-,20-17-,26-24-,27-25-,31-30-,34-33-,37-35-,56-53+. The first-order chi connectivity index (χ1) is 39.7. The second-order valence-electron chi connectivity index (χ2n) is 22.5. The van der Waals surface area contributed by atoms with Gasteiger partial charge in [-0.25, -0.2) is 0 Å². The van der Waals surface area contributed by atoms with Crippen LogP contribution in [0.4, 0.5) is 0 Å². The molecule has 1 amide bonds. The number of hydrogen-bond acceptors (Lipinski definition) is 10. The SMILES string of the molecule is CCCCC/C=C\C/C=C\C/C=C\C/C=C\CCCCCCCCCC(=O)OC1C(OCC(NC(=O)C(O)CCCCCCC/C=C\C/C=C\C/C=C\CCCCC)C(O)/C=C/CCCCCCCCCCC)OC(CO)C(O)C1O. The quantitative estimate of drug-likeness (QED) is 0.0195. The van der Waals surface area contributed by atoms with Gasteiger partial charge in [0.15, 0.2) is 12.4 Å². The van der Waals surface area contributed by atoms with Crippen LogP contribution in [0.15, 0.2) is 97.2 Å². The highest BCUT2D eigenvalue weighted by Gasteiger charge is 2.47. The molecule has 8 unspecified atom stereocenters. The molecular weight excluding hydrogens is 1010 g/mol. The summed E-state index contributed by atoms with van der Waals surface area (Å²) in [5.41, 5.74) is 0. The van der Waals surface area contributed by atoms with E-state index in [1.165, 1.54) is 89.9 Å². The molecule has 81 heavy (non-hydrogen) atoms. The zero-order valence-corrected chi connectivity index (χ0v) is 51.6. The summed E-state index contributed by atoms with van der Waals surface area (Å²) in [6.07, 6.45) is 65.8. The molecule has 1 saturated heterocycles. The van der Waals surface area contributed by atoms with Gasteiger partial charge >= 0.3 is 5.97 Å². The second-order valence-corrected chi connectivity index (χ2v) is 22.5. The number of ether oxygens (including phenoxy) is 3. The van der Waals surface area contributed by atoms with E-state index in [0.29, 0.717) is 12.8 Å². The fourth-order valence-electron chi connectivity index (χ4n) is 9.70. The molecule has 0 aliphatic carbocycles. The Hall–Kier alpha value is -3.42. The minimum Gasteiger partial charge on any atom is -0.454 e. The molecule has 0 bridgehead atoms. The van der Waals surface area contributed by atoms with Gasteiger partial charge in [-0.2, -0.15) is 0 Å². The van der Waals surface area contributed by atoms with Crippen LogP contribution in [-0.2, 0) is 23.8 Å². The number of rotatable bonds is 55. The van der Waals surface area contributed by atoms with Crippen molar-refractivity contribution in [3.8, 4) is 0 Å². The molecule has 0 radical (unpaired) electrons. The van der Waals surface area contributed by atoms with Crippen molar-refractivity contribution in [1.29, 1.82) is 0 Å². The minimum atomic E-state index is -1.63. The molecule has 1 heterocycles. The Balaban J connectivity index is 2.64. The Morgan fingerprint density at radius 3 is 1.30 bits per heavy atom. The smallest absolute Gasteiger partial charge is 0.306 e. The number of aliphatic hydroxyl groups is 5. The van der Waals surface area contributed by atoms with Gasteiger partial charge < -0.3 is 45.1 Å².